The van der Waals surface area contributed by atoms with Crippen LogP contribution in [0.4, 0.5) is 5.69 Å². The van der Waals surface area contributed by atoms with Crippen molar-refractivity contribution in [1.29, 1.82) is 0 Å². The Labute approximate surface area is 161 Å². The fourth-order valence-corrected chi connectivity index (χ4v) is 4.26. The summed E-state index contributed by atoms with van der Waals surface area (Å²) >= 11 is 1.56. The standard InChI is InChI=1S/C22H19NO3S/c24-17(13-16-7-2-1-3-8-16)14-22(26)19-10-4-5-11-20(19)23(21(22)25)15-18-9-6-12-27-18/h1-12,26H,13-15H2. The van der Waals surface area contributed by atoms with Gasteiger partial charge in [0.1, 0.15) is 5.78 Å². The molecule has 1 aromatic heterocycles. The van der Waals surface area contributed by atoms with E-state index in [1.165, 1.54) is 0 Å². The molecule has 27 heavy (non-hydrogen) atoms. The summed E-state index contributed by atoms with van der Waals surface area (Å²) in [7, 11) is 0. The van der Waals surface area contributed by atoms with E-state index in [0.717, 1.165) is 10.4 Å². The van der Waals surface area contributed by atoms with Crippen molar-refractivity contribution in [2.75, 3.05) is 4.90 Å². The van der Waals surface area contributed by atoms with Crippen molar-refractivity contribution in [2.45, 2.75) is 25.0 Å². The maximum Gasteiger partial charge on any atom is 0.264 e. The molecule has 1 aliphatic heterocycles. The van der Waals surface area contributed by atoms with Crippen LogP contribution < -0.4 is 4.90 Å². The van der Waals surface area contributed by atoms with Crippen LogP contribution in [0.5, 0.6) is 0 Å². The Balaban J connectivity index is 1.61. The molecular formula is C22H19NO3S. The number of rotatable bonds is 6. The van der Waals surface area contributed by atoms with E-state index in [-0.39, 0.29) is 18.6 Å². The van der Waals surface area contributed by atoms with Gasteiger partial charge >= 0.3 is 0 Å². The van der Waals surface area contributed by atoms with E-state index in [1.807, 2.05) is 60.0 Å². The van der Waals surface area contributed by atoms with Gasteiger partial charge in [-0.25, -0.2) is 0 Å². The first-order valence-electron chi connectivity index (χ1n) is 8.80. The van der Waals surface area contributed by atoms with Crippen LogP contribution in [-0.4, -0.2) is 16.8 Å². The number of anilines is 1. The summed E-state index contributed by atoms with van der Waals surface area (Å²) in [5.74, 6) is -0.594. The SMILES string of the molecule is O=C(Cc1ccccc1)CC1(O)C(=O)N(Cc2cccs2)c2ccccc21. The van der Waals surface area contributed by atoms with Crippen LogP contribution in [0.3, 0.4) is 0 Å². The highest BCUT2D eigenvalue weighted by Crippen LogP contribution is 2.43. The van der Waals surface area contributed by atoms with E-state index in [4.69, 9.17) is 0 Å². The maximum absolute atomic E-state index is 13.1. The molecule has 1 aliphatic rings. The summed E-state index contributed by atoms with van der Waals surface area (Å²) in [6, 6.07) is 20.4. The molecule has 3 aromatic rings. The van der Waals surface area contributed by atoms with Gasteiger partial charge in [-0.05, 0) is 23.1 Å². The van der Waals surface area contributed by atoms with Crippen molar-refractivity contribution >= 4 is 28.7 Å². The Morgan fingerprint density at radius 3 is 2.48 bits per heavy atom. The molecule has 0 aliphatic carbocycles. The molecule has 0 bridgehead atoms. The minimum Gasteiger partial charge on any atom is -0.375 e. The number of fused-ring (bicyclic) bond motifs is 1. The molecule has 2 aromatic carbocycles. The van der Waals surface area contributed by atoms with E-state index in [0.29, 0.717) is 17.8 Å². The normalized spacial score (nSPS) is 18.6. The van der Waals surface area contributed by atoms with Crippen molar-refractivity contribution in [3.63, 3.8) is 0 Å². The zero-order valence-electron chi connectivity index (χ0n) is 14.7. The van der Waals surface area contributed by atoms with E-state index in [1.54, 1.807) is 28.4 Å². The van der Waals surface area contributed by atoms with Crippen LogP contribution >= 0.6 is 11.3 Å². The van der Waals surface area contributed by atoms with Crippen LogP contribution in [-0.2, 0) is 28.2 Å². The lowest BCUT2D eigenvalue weighted by molar-refractivity contribution is -0.141. The lowest BCUT2D eigenvalue weighted by Crippen LogP contribution is -2.41. The maximum atomic E-state index is 13.1. The second-order valence-corrected chi connectivity index (χ2v) is 7.76. The number of para-hydroxylation sites is 1. The van der Waals surface area contributed by atoms with E-state index in [2.05, 4.69) is 0 Å². The topological polar surface area (TPSA) is 57.6 Å². The predicted molar refractivity (Wildman–Crippen MR) is 106 cm³/mol. The number of ketones is 1. The minimum absolute atomic E-state index is 0.162. The zero-order chi connectivity index (χ0) is 18.9. The van der Waals surface area contributed by atoms with Gasteiger partial charge in [-0.15, -0.1) is 11.3 Å². The van der Waals surface area contributed by atoms with Crippen LogP contribution in [0, 0.1) is 0 Å². The Bertz CT molecular complexity index is 968. The monoisotopic (exact) mass is 377 g/mol. The van der Waals surface area contributed by atoms with Crippen LogP contribution in [0.25, 0.3) is 0 Å². The quantitative estimate of drug-likeness (QED) is 0.713. The van der Waals surface area contributed by atoms with Crippen molar-refractivity contribution in [1.82, 2.24) is 0 Å². The third-order valence-corrected chi connectivity index (χ3v) is 5.69. The first kappa shape index (κ1) is 17.6. The molecule has 1 unspecified atom stereocenters. The third-order valence-electron chi connectivity index (χ3n) is 4.83. The Morgan fingerprint density at radius 1 is 1.00 bits per heavy atom. The van der Waals surface area contributed by atoms with Crippen LogP contribution in [0.2, 0.25) is 0 Å². The fraction of sp³-hybridized carbons (Fsp3) is 0.182. The molecule has 0 saturated carbocycles. The molecule has 0 spiro atoms. The van der Waals surface area contributed by atoms with Gasteiger partial charge in [-0.1, -0.05) is 54.6 Å². The zero-order valence-corrected chi connectivity index (χ0v) is 15.5. The largest absolute Gasteiger partial charge is 0.375 e. The Kier molecular flexibility index (Phi) is 4.64. The average Bonchev–Trinajstić information content (AvgIpc) is 3.25. The molecule has 0 radical (unpaired) electrons. The van der Waals surface area contributed by atoms with Crippen molar-refractivity contribution in [3.8, 4) is 0 Å². The van der Waals surface area contributed by atoms with E-state index >= 15 is 0 Å². The highest BCUT2D eigenvalue weighted by Gasteiger charge is 2.50. The predicted octanol–water partition coefficient (Wildman–Crippen LogP) is 3.68. The highest BCUT2D eigenvalue weighted by molar-refractivity contribution is 7.09. The van der Waals surface area contributed by atoms with E-state index in [9.17, 15) is 14.7 Å². The third kappa shape index (κ3) is 3.31. The molecule has 0 saturated heterocycles. The van der Waals surface area contributed by atoms with Crippen LogP contribution in [0.1, 0.15) is 22.4 Å². The van der Waals surface area contributed by atoms with Gasteiger partial charge in [0.2, 0.25) is 0 Å². The highest BCUT2D eigenvalue weighted by atomic mass is 32.1. The average molecular weight is 377 g/mol. The second-order valence-electron chi connectivity index (χ2n) is 6.73. The molecular weight excluding hydrogens is 358 g/mol. The second kappa shape index (κ2) is 7.10. The Hall–Kier alpha value is -2.76. The molecule has 1 amide bonds. The van der Waals surface area contributed by atoms with Gasteiger partial charge in [0, 0.05) is 23.3 Å². The minimum atomic E-state index is -1.81. The van der Waals surface area contributed by atoms with Crippen molar-refractivity contribution < 1.29 is 14.7 Å². The number of benzene rings is 2. The fourth-order valence-electron chi connectivity index (χ4n) is 3.56. The van der Waals surface area contributed by atoms with Gasteiger partial charge in [0.15, 0.2) is 5.60 Å². The Morgan fingerprint density at radius 2 is 1.74 bits per heavy atom. The number of carbonyl (C=O) groups is 2. The molecule has 0 fully saturated rings. The molecule has 136 valence electrons. The summed E-state index contributed by atoms with van der Waals surface area (Å²) in [6.07, 6.45) is -0.0256. The molecule has 1 atom stereocenters. The van der Waals surface area contributed by atoms with Crippen LogP contribution in [0.15, 0.2) is 72.1 Å². The number of Topliss-reactive ketones (excluding diaryl/α,β-unsaturated/α-hetero) is 1. The molecule has 2 heterocycles. The number of hydrogen-bond acceptors (Lipinski definition) is 4. The first-order chi connectivity index (χ1) is 13.1. The first-order valence-corrected chi connectivity index (χ1v) is 9.68. The lowest BCUT2D eigenvalue weighted by Gasteiger charge is -2.22. The molecule has 1 N–H and O–H groups in total. The number of aliphatic hydroxyl groups is 1. The summed E-state index contributed by atoms with van der Waals surface area (Å²) in [5.41, 5.74) is 0.249. The summed E-state index contributed by atoms with van der Waals surface area (Å²) < 4.78 is 0. The summed E-state index contributed by atoms with van der Waals surface area (Å²) in [6.45, 7) is 0.392. The molecule has 4 nitrogen and oxygen atoms in total. The number of nitrogens with zero attached hydrogens (tertiary/aromatic N) is 1. The number of amides is 1. The van der Waals surface area contributed by atoms with Gasteiger partial charge in [0.25, 0.3) is 5.91 Å². The molecule has 5 heteroatoms. The van der Waals surface area contributed by atoms with Crippen molar-refractivity contribution in [2.24, 2.45) is 0 Å². The number of thiophene rings is 1. The summed E-state index contributed by atoms with van der Waals surface area (Å²) in [4.78, 5) is 28.4. The molecule has 4 rings (SSSR count). The van der Waals surface area contributed by atoms with E-state index < -0.39 is 11.5 Å². The van der Waals surface area contributed by atoms with Gasteiger partial charge in [-0.2, -0.15) is 0 Å². The van der Waals surface area contributed by atoms with Gasteiger partial charge < -0.3 is 10.0 Å². The van der Waals surface area contributed by atoms with Gasteiger partial charge in [-0.3, -0.25) is 9.59 Å². The number of carbonyl (C=O) groups excluding carboxylic acids is 2. The van der Waals surface area contributed by atoms with Gasteiger partial charge in [0.05, 0.1) is 12.2 Å². The number of hydrogen-bond donors (Lipinski definition) is 1. The lowest BCUT2D eigenvalue weighted by atomic mass is 9.88. The summed E-state index contributed by atoms with van der Waals surface area (Å²) in [5, 5.41) is 13.2. The van der Waals surface area contributed by atoms with Crippen molar-refractivity contribution in [3.05, 3.63) is 88.1 Å². The smallest absolute Gasteiger partial charge is 0.264 e.